The van der Waals surface area contributed by atoms with E-state index in [2.05, 4.69) is 40.1 Å². The van der Waals surface area contributed by atoms with Crippen LogP contribution in [-0.2, 0) is 9.47 Å². The molecule has 0 radical (unpaired) electrons. The summed E-state index contributed by atoms with van der Waals surface area (Å²) in [5, 5.41) is 31.0. The van der Waals surface area contributed by atoms with Gasteiger partial charge in [-0.2, -0.15) is 25.5 Å². The van der Waals surface area contributed by atoms with Gasteiger partial charge in [-0.15, -0.1) is 5.10 Å². The Hall–Kier alpha value is -4.06. The van der Waals surface area contributed by atoms with Gasteiger partial charge in [-0.25, -0.2) is 14.4 Å². The Morgan fingerprint density at radius 2 is 1.17 bits per heavy atom. The standard InChI is InChI=1S/C9H10N2O2.C8H8N2O2.C6H5ClN2O2/c1-13-9(12)7-4-8(6-2-3-6)11-10-5-7;11-8(12)6-3-7(5-1-2-5)10-9-4-6;1-11-6(10)4-2-5(7)9-8-3-4/h4-6H,2-3H2,1H3;3-5H,1-2H2,(H,11,12);2-3H,1H3. The van der Waals surface area contributed by atoms with Crippen LogP contribution in [0, 0.1) is 0 Å². The molecule has 0 bridgehead atoms. The topological polar surface area (TPSA) is 167 Å². The van der Waals surface area contributed by atoms with Gasteiger partial charge in [-0.3, -0.25) is 0 Å². The lowest BCUT2D eigenvalue weighted by atomic mass is 10.2. The minimum Gasteiger partial charge on any atom is -0.478 e. The van der Waals surface area contributed by atoms with Gasteiger partial charge in [0.1, 0.15) is 0 Å². The van der Waals surface area contributed by atoms with E-state index >= 15 is 0 Å². The number of carbonyl (C=O) groups is 3. The maximum atomic E-state index is 11.1. The number of carbonyl (C=O) groups excluding carboxylic acids is 2. The second kappa shape index (κ2) is 12.6. The van der Waals surface area contributed by atoms with Crippen molar-refractivity contribution in [2.75, 3.05) is 14.2 Å². The first-order valence-electron chi connectivity index (χ1n) is 10.9. The maximum Gasteiger partial charge on any atom is 0.339 e. The highest BCUT2D eigenvalue weighted by Gasteiger charge is 2.27. The van der Waals surface area contributed by atoms with Crippen molar-refractivity contribution in [2.24, 2.45) is 0 Å². The summed E-state index contributed by atoms with van der Waals surface area (Å²) in [6, 6.07) is 4.75. The van der Waals surface area contributed by atoms with Crippen LogP contribution in [0.5, 0.6) is 0 Å². The monoisotopic (exact) mass is 514 g/mol. The summed E-state index contributed by atoms with van der Waals surface area (Å²) in [4.78, 5) is 32.5. The fourth-order valence-corrected chi connectivity index (χ4v) is 3.00. The lowest BCUT2D eigenvalue weighted by Gasteiger charge is -1.99. The van der Waals surface area contributed by atoms with Gasteiger partial charge in [0.25, 0.3) is 0 Å². The van der Waals surface area contributed by atoms with Crippen molar-refractivity contribution in [3.8, 4) is 0 Å². The molecule has 3 aromatic rings. The molecule has 0 spiro atoms. The minimum atomic E-state index is -0.938. The second-order valence-corrected chi connectivity index (χ2v) is 8.23. The number of nitrogens with zero attached hydrogens (tertiary/aromatic N) is 6. The number of aromatic carboxylic acids is 1. The molecule has 5 rings (SSSR count). The van der Waals surface area contributed by atoms with Crippen LogP contribution in [0.15, 0.2) is 36.8 Å². The molecule has 2 aliphatic rings. The molecular formula is C23H23ClN6O6. The largest absolute Gasteiger partial charge is 0.478 e. The quantitative estimate of drug-likeness (QED) is 0.494. The number of hydrogen-bond acceptors (Lipinski definition) is 11. The highest BCUT2D eigenvalue weighted by Crippen LogP contribution is 2.39. The van der Waals surface area contributed by atoms with E-state index in [1.54, 1.807) is 12.1 Å². The van der Waals surface area contributed by atoms with Gasteiger partial charge < -0.3 is 14.6 Å². The maximum absolute atomic E-state index is 11.1. The molecule has 0 aromatic carbocycles. The third kappa shape index (κ3) is 8.01. The van der Waals surface area contributed by atoms with Crippen LogP contribution >= 0.6 is 11.6 Å². The lowest BCUT2D eigenvalue weighted by Crippen LogP contribution is -2.04. The second-order valence-electron chi connectivity index (χ2n) is 7.84. The SMILES string of the molecule is COC(=O)c1cnnc(C2CC2)c1.COC(=O)c1cnnc(Cl)c1.O=C(O)c1cnnc(C2CC2)c1. The molecule has 0 atom stereocenters. The van der Waals surface area contributed by atoms with Gasteiger partial charge in [0.05, 0.1) is 60.9 Å². The zero-order valence-corrected chi connectivity index (χ0v) is 20.3. The summed E-state index contributed by atoms with van der Waals surface area (Å²) >= 11 is 5.46. The molecule has 0 unspecified atom stereocenters. The number of carboxylic acids is 1. The number of aromatic nitrogens is 6. The number of esters is 2. The molecule has 13 heteroatoms. The van der Waals surface area contributed by atoms with E-state index in [9.17, 15) is 14.4 Å². The van der Waals surface area contributed by atoms with E-state index in [-0.39, 0.29) is 16.7 Å². The van der Waals surface area contributed by atoms with Crippen LogP contribution in [0.1, 0.15) is 80.0 Å². The van der Waals surface area contributed by atoms with Crippen LogP contribution in [0.2, 0.25) is 5.15 Å². The smallest absolute Gasteiger partial charge is 0.339 e. The predicted octanol–water partition coefficient (Wildman–Crippen LogP) is 3.11. The Labute approximate surface area is 211 Å². The number of ether oxygens (including phenoxy) is 2. The van der Waals surface area contributed by atoms with Crippen LogP contribution in [-0.4, -0.2) is 67.8 Å². The Morgan fingerprint density at radius 3 is 1.58 bits per heavy atom. The van der Waals surface area contributed by atoms with Gasteiger partial charge in [0.15, 0.2) is 5.15 Å². The average Bonchev–Trinajstić information content (AvgIpc) is 3.81. The Kier molecular flexibility index (Phi) is 9.28. The highest BCUT2D eigenvalue weighted by atomic mass is 35.5. The van der Waals surface area contributed by atoms with Gasteiger partial charge >= 0.3 is 17.9 Å². The van der Waals surface area contributed by atoms with Crippen molar-refractivity contribution in [3.63, 3.8) is 0 Å². The first kappa shape index (κ1) is 26.5. The zero-order chi connectivity index (χ0) is 26.1. The number of halogens is 1. The number of rotatable bonds is 5. The summed E-state index contributed by atoms with van der Waals surface area (Å²) in [7, 11) is 2.65. The molecule has 2 fully saturated rings. The fourth-order valence-electron chi connectivity index (χ4n) is 2.84. The Morgan fingerprint density at radius 1 is 0.750 bits per heavy atom. The van der Waals surface area contributed by atoms with Crippen LogP contribution in [0.25, 0.3) is 0 Å². The Bertz CT molecular complexity index is 1230. The molecule has 36 heavy (non-hydrogen) atoms. The van der Waals surface area contributed by atoms with Crippen molar-refractivity contribution < 1.29 is 29.0 Å². The first-order valence-corrected chi connectivity index (χ1v) is 11.2. The number of hydrogen-bond donors (Lipinski definition) is 1. The summed E-state index contributed by atoms with van der Waals surface area (Å²) in [5.41, 5.74) is 2.73. The zero-order valence-electron chi connectivity index (χ0n) is 19.5. The normalized spacial score (nSPS) is 13.8. The van der Waals surface area contributed by atoms with Crippen molar-refractivity contribution in [1.82, 2.24) is 30.6 Å². The Balaban J connectivity index is 0.000000151. The molecule has 1 N–H and O–H groups in total. The van der Waals surface area contributed by atoms with Gasteiger partial charge in [0.2, 0.25) is 0 Å². The summed E-state index contributed by atoms with van der Waals surface area (Å²) in [6.07, 6.45) is 8.51. The average molecular weight is 515 g/mol. The van der Waals surface area contributed by atoms with Crippen molar-refractivity contribution >= 4 is 29.5 Å². The molecule has 3 heterocycles. The van der Waals surface area contributed by atoms with Gasteiger partial charge in [-0.05, 0) is 43.9 Å². The van der Waals surface area contributed by atoms with E-state index in [0.717, 1.165) is 37.1 Å². The first-order chi connectivity index (χ1) is 17.3. The number of methoxy groups -OCH3 is 2. The summed E-state index contributed by atoms with van der Waals surface area (Å²) < 4.78 is 9.01. The molecule has 2 aliphatic carbocycles. The van der Waals surface area contributed by atoms with E-state index in [4.69, 9.17) is 16.7 Å². The fraction of sp³-hybridized carbons (Fsp3) is 0.348. The van der Waals surface area contributed by atoms with E-state index < -0.39 is 11.9 Å². The lowest BCUT2D eigenvalue weighted by molar-refractivity contribution is 0.0591. The minimum absolute atomic E-state index is 0.174. The molecule has 188 valence electrons. The molecule has 0 saturated heterocycles. The third-order valence-corrected chi connectivity index (χ3v) is 5.24. The third-order valence-electron chi connectivity index (χ3n) is 5.05. The molecule has 0 amide bonds. The molecule has 12 nitrogen and oxygen atoms in total. The molecule has 2 saturated carbocycles. The van der Waals surface area contributed by atoms with Crippen LogP contribution in [0.3, 0.4) is 0 Å². The van der Waals surface area contributed by atoms with Gasteiger partial charge in [-0.1, -0.05) is 11.6 Å². The van der Waals surface area contributed by atoms with Crippen molar-refractivity contribution in [2.45, 2.75) is 37.5 Å². The van der Waals surface area contributed by atoms with Crippen molar-refractivity contribution in [3.05, 3.63) is 70.0 Å². The molecular weight excluding hydrogens is 492 g/mol. The van der Waals surface area contributed by atoms with Crippen molar-refractivity contribution in [1.29, 1.82) is 0 Å². The van der Waals surface area contributed by atoms with E-state index in [1.807, 2.05) is 0 Å². The van der Waals surface area contributed by atoms with E-state index in [1.165, 1.54) is 38.9 Å². The predicted molar refractivity (Wildman–Crippen MR) is 125 cm³/mol. The van der Waals surface area contributed by atoms with E-state index in [0.29, 0.717) is 23.0 Å². The van der Waals surface area contributed by atoms with Gasteiger partial charge in [0, 0.05) is 11.8 Å². The summed E-state index contributed by atoms with van der Waals surface area (Å²) in [6.45, 7) is 0. The van der Waals surface area contributed by atoms with Crippen LogP contribution in [0.4, 0.5) is 0 Å². The summed E-state index contributed by atoms with van der Waals surface area (Å²) in [5.74, 6) is -0.792. The molecule has 0 aliphatic heterocycles. The highest BCUT2D eigenvalue weighted by molar-refractivity contribution is 6.29. The van der Waals surface area contributed by atoms with Crippen LogP contribution < -0.4 is 0 Å². The number of carboxylic acid groups (broad SMARTS) is 1. The molecule has 3 aromatic heterocycles.